The van der Waals surface area contributed by atoms with Gasteiger partial charge in [0.05, 0.1) is 11.5 Å². The summed E-state index contributed by atoms with van der Waals surface area (Å²) in [5, 5.41) is 10.4. The van der Waals surface area contributed by atoms with Crippen molar-refractivity contribution in [2.75, 3.05) is 0 Å². The molecule has 8 heteroatoms. The highest BCUT2D eigenvalue weighted by atomic mass is 35.5. The van der Waals surface area contributed by atoms with E-state index in [1.165, 1.54) is 11.1 Å². The molecule has 2 aromatic carbocycles. The van der Waals surface area contributed by atoms with Gasteiger partial charge in [-0.1, -0.05) is 70.9 Å². The van der Waals surface area contributed by atoms with Gasteiger partial charge in [0.2, 0.25) is 0 Å². The van der Waals surface area contributed by atoms with E-state index in [0.29, 0.717) is 27.4 Å². The number of thioether (sulfide) groups is 1. The molecule has 27 heavy (non-hydrogen) atoms. The summed E-state index contributed by atoms with van der Waals surface area (Å²) in [6.07, 6.45) is 0. The first-order valence-electron chi connectivity index (χ1n) is 8.28. The second-order valence-electron chi connectivity index (χ2n) is 6.20. The van der Waals surface area contributed by atoms with Crippen LogP contribution in [0.1, 0.15) is 22.5 Å². The van der Waals surface area contributed by atoms with Crippen molar-refractivity contribution in [2.45, 2.75) is 29.3 Å². The highest BCUT2D eigenvalue weighted by Gasteiger charge is 2.14. The first-order valence-corrected chi connectivity index (χ1v) is 11.5. The fraction of sp³-hybridized carbons (Fsp3) is 0.263. The van der Waals surface area contributed by atoms with Gasteiger partial charge in [0.1, 0.15) is 5.82 Å². The largest absolute Gasteiger partial charge is 0.308 e. The molecule has 3 aromatic rings. The molecule has 0 amide bonds. The molecule has 142 valence electrons. The Morgan fingerprint density at radius 3 is 2.52 bits per heavy atom. The molecule has 0 bridgehead atoms. The molecule has 1 heterocycles. The summed E-state index contributed by atoms with van der Waals surface area (Å²) in [4.78, 5) is 0. The number of hydrogen-bond donors (Lipinski definition) is 0. The lowest BCUT2D eigenvalue weighted by Crippen LogP contribution is -2.06. The molecule has 0 aliphatic heterocycles. The van der Waals surface area contributed by atoms with Crippen LogP contribution >= 0.6 is 35.0 Å². The van der Waals surface area contributed by atoms with Crippen LogP contribution in [-0.4, -0.2) is 19.0 Å². The Balaban J connectivity index is 1.60. The van der Waals surface area contributed by atoms with Gasteiger partial charge in [-0.15, -0.1) is 10.2 Å². The second kappa shape index (κ2) is 9.24. The Morgan fingerprint density at radius 2 is 1.81 bits per heavy atom. The predicted octanol–water partition coefficient (Wildman–Crippen LogP) is 5.17. The molecule has 0 saturated carbocycles. The topological polar surface area (TPSA) is 47.8 Å². The van der Waals surface area contributed by atoms with Crippen molar-refractivity contribution in [1.29, 1.82) is 0 Å². The first kappa shape index (κ1) is 20.4. The van der Waals surface area contributed by atoms with Crippen LogP contribution < -0.4 is 0 Å². The van der Waals surface area contributed by atoms with Crippen molar-refractivity contribution in [3.8, 4) is 0 Å². The van der Waals surface area contributed by atoms with E-state index in [1.54, 1.807) is 23.9 Å². The summed E-state index contributed by atoms with van der Waals surface area (Å²) in [6, 6.07) is 13.7. The van der Waals surface area contributed by atoms with Crippen molar-refractivity contribution in [3.05, 3.63) is 75.0 Å². The Morgan fingerprint density at radius 1 is 1.07 bits per heavy atom. The zero-order valence-electron chi connectivity index (χ0n) is 15.0. The number of benzene rings is 2. The van der Waals surface area contributed by atoms with Gasteiger partial charge >= 0.3 is 0 Å². The molecular weight excluding hydrogens is 421 g/mol. The fourth-order valence-electron chi connectivity index (χ4n) is 2.44. The molecule has 0 radical (unpaired) electrons. The lowest BCUT2D eigenvalue weighted by Gasteiger charge is -2.06. The predicted molar refractivity (Wildman–Crippen MR) is 114 cm³/mol. The van der Waals surface area contributed by atoms with Gasteiger partial charge in [-0.3, -0.25) is 4.21 Å². The van der Waals surface area contributed by atoms with Gasteiger partial charge in [0, 0.05) is 33.6 Å². The number of aryl methyl sites for hydroxylation is 1. The SMILES string of the molecule is Cc1ccc(CSc2nnc(C[S@](=O)Cc3ccc(Cl)cc3Cl)n2C)cc1. The highest BCUT2D eigenvalue weighted by molar-refractivity contribution is 7.98. The van der Waals surface area contributed by atoms with Crippen LogP contribution in [0, 0.1) is 6.92 Å². The normalized spacial score (nSPS) is 12.3. The summed E-state index contributed by atoms with van der Waals surface area (Å²) in [6.45, 7) is 2.07. The minimum Gasteiger partial charge on any atom is -0.308 e. The van der Waals surface area contributed by atoms with Crippen molar-refractivity contribution >= 4 is 45.8 Å². The summed E-state index contributed by atoms with van der Waals surface area (Å²) in [5.74, 6) is 2.20. The molecule has 1 atom stereocenters. The average molecular weight is 440 g/mol. The van der Waals surface area contributed by atoms with Crippen molar-refractivity contribution in [1.82, 2.24) is 14.8 Å². The molecule has 0 aliphatic rings. The van der Waals surface area contributed by atoms with Gasteiger partial charge in [-0.05, 0) is 30.2 Å². The summed E-state index contributed by atoms with van der Waals surface area (Å²) in [7, 11) is 0.764. The Bertz CT molecular complexity index is 958. The van der Waals surface area contributed by atoms with Gasteiger partial charge in [0.15, 0.2) is 5.16 Å². The Hall–Kier alpha value is -1.34. The van der Waals surface area contributed by atoms with E-state index in [4.69, 9.17) is 23.2 Å². The number of aromatic nitrogens is 3. The van der Waals surface area contributed by atoms with E-state index in [0.717, 1.165) is 16.5 Å². The van der Waals surface area contributed by atoms with Crippen LogP contribution in [0.5, 0.6) is 0 Å². The molecule has 1 aromatic heterocycles. The van der Waals surface area contributed by atoms with E-state index in [2.05, 4.69) is 41.4 Å². The van der Waals surface area contributed by atoms with Crippen LogP contribution in [0.2, 0.25) is 10.0 Å². The lowest BCUT2D eigenvalue weighted by molar-refractivity contribution is 0.677. The third-order valence-electron chi connectivity index (χ3n) is 4.04. The third-order valence-corrected chi connectivity index (χ3v) is 6.93. The van der Waals surface area contributed by atoms with Crippen molar-refractivity contribution < 1.29 is 4.21 Å². The molecule has 0 saturated heterocycles. The molecule has 4 nitrogen and oxygen atoms in total. The number of rotatable bonds is 7. The van der Waals surface area contributed by atoms with Crippen LogP contribution in [-0.2, 0) is 35.1 Å². The minimum absolute atomic E-state index is 0.327. The second-order valence-corrected chi connectivity index (χ2v) is 9.44. The lowest BCUT2D eigenvalue weighted by atomic mass is 10.2. The Kier molecular flexibility index (Phi) is 6.98. The molecule has 3 rings (SSSR count). The van der Waals surface area contributed by atoms with E-state index in [1.807, 2.05) is 17.7 Å². The van der Waals surface area contributed by atoms with Crippen LogP contribution in [0.15, 0.2) is 47.6 Å². The monoisotopic (exact) mass is 439 g/mol. The minimum atomic E-state index is -1.14. The first-order chi connectivity index (χ1) is 12.9. The van der Waals surface area contributed by atoms with Crippen molar-refractivity contribution in [3.63, 3.8) is 0 Å². The van der Waals surface area contributed by atoms with Crippen molar-refractivity contribution in [2.24, 2.45) is 7.05 Å². The van der Waals surface area contributed by atoms with Crippen LogP contribution in [0.4, 0.5) is 0 Å². The standard InChI is InChI=1S/C19H19Cl2N3OS2/c1-13-3-5-14(6-4-13)10-26-19-23-22-18(24(19)2)12-27(25)11-15-7-8-16(20)9-17(15)21/h3-9H,10-12H2,1-2H3/t27-/m1/s1. The van der Waals surface area contributed by atoms with Gasteiger partial charge < -0.3 is 4.57 Å². The smallest absolute Gasteiger partial charge is 0.191 e. The summed E-state index contributed by atoms with van der Waals surface area (Å²) in [5.41, 5.74) is 3.29. The van der Waals surface area contributed by atoms with Gasteiger partial charge in [-0.25, -0.2) is 0 Å². The van der Waals surface area contributed by atoms with E-state index < -0.39 is 10.8 Å². The maximum absolute atomic E-state index is 12.5. The summed E-state index contributed by atoms with van der Waals surface area (Å²) >= 11 is 13.7. The molecule has 0 N–H and O–H groups in total. The highest BCUT2D eigenvalue weighted by Crippen LogP contribution is 2.24. The maximum atomic E-state index is 12.5. The summed E-state index contributed by atoms with van der Waals surface area (Å²) < 4.78 is 14.4. The molecule has 0 spiro atoms. The van der Waals surface area contributed by atoms with Crippen LogP contribution in [0.25, 0.3) is 0 Å². The Labute approximate surface area is 175 Å². The van der Waals surface area contributed by atoms with E-state index in [9.17, 15) is 4.21 Å². The molecule has 0 aliphatic carbocycles. The molecular formula is C19H19Cl2N3OS2. The van der Waals surface area contributed by atoms with E-state index >= 15 is 0 Å². The number of nitrogens with zero attached hydrogens (tertiary/aromatic N) is 3. The molecule has 0 unspecified atom stereocenters. The van der Waals surface area contributed by atoms with E-state index in [-0.39, 0.29) is 0 Å². The average Bonchev–Trinajstić information content (AvgIpc) is 2.97. The van der Waals surface area contributed by atoms with Gasteiger partial charge in [-0.2, -0.15) is 0 Å². The quantitative estimate of drug-likeness (QED) is 0.476. The van der Waals surface area contributed by atoms with Crippen LogP contribution in [0.3, 0.4) is 0 Å². The number of halogens is 2. The maximum Gasteiger partial charge on any atom is 0.191 e. The zero-order chi connectivity index (χ0) is 19.4. The third kappa shape index (κ3) is 5.57. The zero-order valence-corrected chi connectivity index (χ0v) is 18.1. The number of hydrogen-bond acceptors (Lipinski definition) is 4. The molecule has 0 fully saturated rings. The fourth-order valence-corrected chi connectivity index (χ4v) is 5.12. The van der Waals surface area contributed by atoms with Gasteiger partial charge in [0.25, 0.3) is 0 Å².